The fourth-order valence-electron chi connectivity index (χ4n) is 0.402. The van der Waals surface area contributed by atoms with Crippen LogP contribution in [0.25, 0.3) is 0 Å². The van der Waals surface area contributed by atoms with Crippen molar-refractivity contribution in [2.45, 2.75) is 0 Å². The molecule has 0 aliphatic rings. The van der Waals surface area contributed by atoms with E-state index in [0.717, 1.165) is 11.3 Å². The number of anilines is 1. The van der Waals surface area contributed by atoms with Crippen LogP contribution in [0, 0.1) is 5.95 Å². The molecule has 0 saturated carbocycles. The van der Waals surface area contributed by atoms with Gasteiger partial charge in [-0.1, -0.05) is 11.3 Å². The Kier molecular flexibility index (Phi) is 1.44. The zero-order chi connectivity index (χ0) is 6.85. The van der Waals surface area contributed by atoms with Crippen molar-refractivity contribution in [2.24, 2.45) is 0 Å². The molecular formula is C4H3FN2OS. The molecule has 0 spiro atoms. The van der Waals surface area contributed by atoms with Crippen molar-refractivity contribution in [3.05, 3.63) is 10.8 Å². The second-order valence-corrected chi connectivity index (χ2v) is 2.39. The van der Waals surface area contributed by atoms with Gasteiger partial charge in [0.15, 0.2) is 11.4 Å². The van der Waals surface area contributed by atoms with Crippen molar-refractivity contribution < 1.29 is 9.18 Å². The molecule has 0 radical (unpaired) electrons. The molecule has 0 bridgehead atoms. The molecule has 0 aliphatic carbocycles. The third-order valence-corrected chi connectivity index (χ3v) is 1.52. The quantitative estimate of drug-likeness (QED) is 0.592. The lowest BCUT2D eigenvalue weighted by Gasteiger charge is -1.71. The fourth-order valence-corrected chi connectivity index (χ4v) is 0.931. The van der Waals surface area contributed by atoms with Gasteiger partial charge in [-0.3, -0.25) is 4.79 Å². The molecule has 1 heterocycles. The molecule has 0 saturated heterocycles. The Hall–Kier alpha value is -0.970. The van der Waals surface area contributed by atoms with Crippen molar-refractivity contribution >= 4 is 22.8 Å². The van der Waals surface area contributed by atoms with Gasteiger partial charge in [0.05, 0.1) is 0 Å². The molecule has 48 valence electrons. The van der Waals surface area contributed by atoms with Gasteiger partial charge in [0, 0.05) is 0 Å². The number of hydrogen-bond donors (Lipinski definition) is 1. The van der Waals surface area contributed by atoms with Crippen LogP contribution in [0.15, 0.2) is 0 Å². The highest BCUT2D eigenvalue weighted by molar-refractivity contribution is 7.16. The fraction of sp³-hybridized carbons (Fsp3) is 0. The Morgan fingerprint density at radius 3 is 2.67 bits per heavy atom. The van der Waals surface area contributed by atoms with Crippen molar-refractivity contribution in [1.82, 2.24) is 4.98 Å². The average molecular weight is 146 g/mol. The van der Waals surface area contributed by atoms with Gasteiger partial charge in [0.2, 0.25) is 5.95 Å². The molecule has 3 nitrogen and oxygen atoms in total. The summed E-state index contributed by atoms with van der Waals surface area (Å²) in [6, 6.07) is 0. The first-order valence-corrected chi connectivity index (χ1v) is 2.92. The van der Waals surface area contributed by atoms with E-state index < -0.39 is 5.95 Å². The summed E-state index contributed by atoms with van der Waals surface area (Å²) < 4.78 is 12.2. The van der Waals surface area contributed by atoms with Crippen LogP contribution >= 0.6 is 11.3 Å². The van der Waals surface area contributed by atoms with E-state index in [1.807, 2.05) is 0 Å². The number of aromatic nitrogens is 1. The number of aldehydes is 1. The summed E-state index contributed by atoms with van der Waals surface area (Å²) in [6.45, 7) is 0. The summed E-state index contributed by atoms with van der Waals surface area (Å²) in [5.41, 5.74) is 5.06. The topological polar surface area (TPSA) is 56.0 Å². The number of hydrogen-bond acceptors (Lipinski definition) is 4. The smallest absolute Gasteiger partial charge is 0.236 e. The van der Waals surface area contributed by atoms with Crippen LogP contribution in [0.5, 0.6) is 0 Å². The maximum atomic E-state index is 12.2. The molecule has 0 aromatic carbocycles. The summed E-state index contributed by atoms with van der Waals surface area (Å²) in [6.07, 6.45) is 0.392. The Labute approximate surface area is 54.3 Å². The van der Waals surface area contributed by atoms with Gasteiger partial charge < -0.3 is 5.73 Å². The van der Waals surface area contributed by atoms with Crippen LogP contribution in [-0.4, -0.2) is 11.3 Å². The van der Waals surface area contributed by atoms with E-state index in [1.165, 1.54) is 0 Å². The molecule has 9 heavy (non-hydrogen) atoms. The highest BCUT2D eigenvalue weighted by Gasteiger charge is 2.05. The number of rotatable bonds is 1. The Balaban J connectivity index is 3.15. The SMILES string of the molecule is Nc1nc(F)c(C=O)s1. The molecule has 1 rings (SSSR count). The Morgan fingerprint density at radius 1 is 1.78 bits per heavy atom. The largest absolute Gasteiger partial charge is 0.375 e. The highest BCUT2D eigenvalue weighted by Crippen LogP contribution is 2.15. The van der Waals surface area contributed by atoms with Crippen LogP contribution in [0.1, 0.15) is 9.67 Å². The van der Waals surface area contributed by atoms with Gasteiger partial charge in [-0.25, -0.2) is 0 Å². The standard InChI is InChI=1S/C4H3FN2OS/c5-3-2(1-8)9-4(6)7-3/h1H,(H2,6,7). The number of carbonyl (C=O) groups excluding carboxylic acids is 1. The molecule has 1 aromatic rings. The van der Waals surface area contributed by atoms with E-state index >= 15 is 0 Å². The molecule has 2 N–H and O–H groups in total. The molecule has 0 fully saturated rings. The number of nitrogens with two attached hydrogens (primary N) is 1. The second-order valence-electron chi connectivity index (χ2n) is 1.33. The lowest BCUT2D eigenvalue weighted by atomic mass is 10.6. The summed E-state index contributed by atoms with van der Waals surface area (Å²) in [5.74, 6) is -0.785. The monoisotopic (exact) mass is 146 g/mol. The maximum Gasteiger partial charge on any atom is 0.236 e. The minimum atomic E-state index is -0.785. The number of carbonyl (C=O) groups is 1. The summed E-state index contributed by atoms with van der Waals surface area (Å²) in [4.78, 5) is 13.0. The minimum Gasteiger partial charge on any atom is -0.375 e. The van der Waals surface area contributed by atoms with Crippen LogP contribution in [0.3, 0.4) is 0 Å². The first-order valence-electron chi connectivity index (χ1n) is 2.11. The van der Waals surface area contributed by atoms with Crippen molar-refractivity contribution in [3.63, 3.8) is 0 Å². The molecule has 1 aromatic heterocycles. The number of thiazole rings is 1. The van der Waals surface area contributed by atoms with Crippen LogP contribution in [-0.2, 0) is 0 Å². The predicted molar refractivity (Wildman–Crippen MR) is 31.9 cm³/mol. The Bertz CT molecular complexity index is 234. The summed E-state index contributed by atoms with van der Waals surface area (Å²) in [5, 5.41) is 0.0783. The normalized spacial score (nSPS) is 9.44. The second kappa shape index (κ2) is 2.10. The van der Waals surface area contributed by atoms with E-state index in [-0.39, 0.29) is 10.0 Å². The number of halogens is 1. The van der Waals surface area contributed by atoms with Gasteiger partial charge in [-0.05, 0) is 0 Å². The zero-order valence-corrected chi connectivity index (χ0v) is 5.11. The van der Waals surface area contributed by atoms with Gasteiger partial charge in [0.25, 0.3) is 0 Å². The third kappa shape index (κ3) is 1.05. The minimum absolute atomic E-state index is 0.0486. The number of nitrogen functional groups attached to an aromatic ring is 1. The predicted octanol–water partition coefficient (Wildman–Crippen LogP) is 0.677. The lowest BCUT2D eigenvalue weighted by Crippen LogP contribution is -1.82. The summed E-state index contributed by atoms with van der Waals surface area (Å²) >= 11 is 0.838. The third-order valence-electron chi connectivity index (χ3n) is 0.733. The van der Waals surface area contributed by atoms with E-state index in [1.54, 1.807) is 0 Å². The van der Waals surface area contributed by atoms with Gasteiger partial charge in [-0.2, -0.15) is 9.37 Å². The first-order chi connectivity index (χ1) is 4.24. The first kappa shape index (κ1) is 6.15. The molecule has 5 heteroatoms. The van der Waals surface area contributed by atoms with Crippen LogP contribution in [0.2, 0.25) is 0 Å². The van der Waals surface area contributed by atoms with Crippen LogP contribution in [0.4, 0.5) is 9.52 Å². The zero-order valence-electron chi connectivity index (χ0n) is 4.30. The molecule has 0 atom stereocenters. The van der Waals surface area contributed by atoms with Crippen molar-refractivity contribution in [2.75, 3.05) is 5.73 Å². The van der Waals surface area contributed by atoms with E-state index in [9.17, 15) is 9.18 Å². The van der Waals surface area contributed by atoms with E-state index in [4.69, 9.17) is 5.73 Å². The highest BCUT2D eigenvalue weighted by atomic mass is 32.1. The average Bonchev–Trinajstić information content (AvgIpc) is 2.10. The van der Waals surface area contributed by atoms with Gasteiger partial charge >= 0.3 is 0 Å². The molecule has 0 amide bonds. The lowest BCUT2D eigenvalue weighted by molar-refractivity contribution is 0.112. The van der Waals surface area contributed by atoms with E-state index in [2.05, 4.69) is 4.98 Å². The Morgan fingerprint density at radius 2 is 2.44 bits per heavy atom. The van der Waals surface area contributed by atoms with Crippen LogP contribution < -0.4 is 5.73 Å². The molecule has 0 unspecified atom stereocenters. The van der Waals surface area contributed by atoms with Gasteiger partial charge in [-0.15, -0.1) is 0 Å². The maximum absolute atomic E-state index is 12.2. The molecular weight excluding hydrogens is 143 g/mol. The van der Waals surface area contributed by atoms with Crippen molar-refractivity contribution in [3.8, 4) is 0 Å². The summed E-state index contributed by atoms with van der Waals surface area (Å²) in [7, 11) is 0. The van der Waals surface area contributed by atoms with E-state index in [0.29, 0.717) is 6.29 Å². The number of nitrogens with zero attached hydrogens (tertiary/aromatic N) is 1. The molecule has 0 aliphatic heterocycles. The van der Waals surface area contributed by atoms with Gasteiger partial charge in [0.1, 0.15) is 4.88 Å². The van der Waals surface area contributed by atoms with Crippen molar-refractivity contribution in [1.29, 1.82) is 0 Å².